The molecular formula is C21H31N7O. The zero-order valence-corrected chi connectivity index (χ0v) is 17.8. The Balaban J connectivity index is 1.60. The lowest BCUT2D eigenvalue weighted by Crippen LogP contribution is -2.38. The van der Waals surface area contributed by atoms with Gasteiger partial charge in [-0.05, 0) is 31.1 Å². The van der Waals surface area contributed by atoms with E-state index in [1.807, 2.05) is 31.3 Å². The van der Waals surface area contributed by atoms with E-state index in [-0.39, 0.29) is 17.6 Å². The van der Waals surface area contributed by atoms with Crippen LogP contribution >= 0.6 is 0 Å². The van der Waals surface area contributed by atoms with E-state index < -0.39 is 0 Å². The van der Waals surface area contributed by atoms with Crippen molar-refractivity contribution in [3.05, 3.63) is 29.8 Å². The summed E-state index contributed by atoms with van der Waals surface area (Å²) in [6, 6.07) is 2.08. The molecule has 1 atom stereocenters. The maximum Gasteiger partial charge on any atom is 0.225 e. The van der Waals surface area contributed by atoms with Gasteiger partial charge in [-0.2, -0.15) is 0 Å². The summed E-state index contributed by atoms with van der Waals surface area (Å²) in [4.78, 5) is 22.5. The first-order valence-corrected chi connectivity index (χ1v) is 10.4. The van der Waals surface area contributed by atoms with Crippen molar-refractivity contribution in [2.24, 2.45) is 5.41 Å². The Morgan fingerprint density at radius 2 is 1.93 bits per heavy atom. The Bertz CT molecular complexity index is 862. The zero-order valence-electron chi connectivity index (χ0n) is 17.8. The van der Waals surface area contributed by atoms with Gasteiger partial charge in [0.2, 0.25) is 5.95 Å². The summed E-state index contributed by atoms with van der Waals surface area (Å²) >= 11 is 0. The molecule has 2 aromatic rings. The van der Waals surface area contributed by atoms with Gasteiger partial charge in [0.25, 0.3) is 0 Å². The van der Waals surface area contributed by atoms with Crippen LogP contribution in [-0.4, -0.2) is 58.3 Å². The predicted octanol–water partition coefficient (Wildman–Crippen LogP) is 2.42. The van der Waals surface area contributed by atoms with Crippen LogP contribution in [0.2, 0.25) is 0 Å². The Labute approximate surface area is 172 Å². The van der Waals surface area contributed by atoms with Crippen LogP contribution in [0.5, 0.6) is 0 Å². The molecule has 4 rings (SSSR count). The van der Waals surface area contributed by atoms with Crippen LogP contribution in [0.1, 0.15) is 50.4 Å². The molecule has 29 heavy (non-hydrogen) atoms. The molecule has 1 saturated heterocycles. The molecule has 0 amide bonds. The van der Waals surface area contributed by atoms with Crippen LogP contribution in [-0.2, 0) is 6.42 Å². The number of aromatic nitrogens is 4. The average molecular weight is 398 g/mol. The van der Waals surface area contributed by atoms with Gasteiger partial charge in [-0.25, -0.2) is 19.9 Å². The fraction of sp³-hybridized carbons (Fsp3) is 0.619. The highest BCUT2D eigenvalue weighted by atomic mass is 16.3. The Morgan fingerprint density at radius 1 is 1.17 bits per heavy atom. The first-order chi connectivity index (χ1) is 13.8. The lowest BCUT2D eigenvalue weighted by Gasteiger charge is -2.37. The number of anilines is 3. The molecule has 1 unspecified atom stereocenters. The molecule has 8 heteroatoms. The van der Waals surface area contributed by atoms with Crippen LogP contribution < -0.4 is 15.1 Å². The molecule has 1 fully saturated rings. The molecule has 0 aromatic carbocycles. The van der Waals surface area contributed by atoms with Gasteiger partial charge in [-0.1, -0.05) is 13.8 Å². The van der Waals surface area contributed by atoms with Gasteiger partial charge in [-0.15, -0.1) is 0 Å². The SMILES string of the molecule is CN(C)c1cc(NC2CC(C)(C)Cc3nc(N4CCC(O)CC4)ncc32)ncn1. The molecule has 0 bridgehead atoms. The molecule has 3 heterocycles. The Hall–Kier alpha value is -2.48. The molecule has 2 aliphatic rings. The molecule has 156 valence electrons. The van der Waals surface area contributed by atoms with Crippen LogP contribution in [0.15, 0.2) is 18.6 Å². The van der Waals surface area contributed by atoms with E-state index in [0.717, 1.165) is 67.6 Å². The van der Waals surface area contributed by atoms with Crippen LogP contribution in [0, 0.1) is 5.41 Å². The van der Waals surface area contributed by atoms with E-state index in [0.29, 0.717) is 0 Å². The molecular weight excluding hydrogens is 366 g/mol. The number of nitrogens with one attached hydrogen (secondary N) is 1. The largest absolute Gasteiger partial charge is 0.393 e. The highest BCUT2D eigenvalue weighted by Gasteiger charge is 2.34. The van der Waals surface area contributed by atoms with Crippen LogP contribution in [0.3, 0.4) is 0 Å². The predicted molar refractivity (Wildman–Crippen MR) is 114 cm³/mol. The Morgan fingerprint density at radius 3 is 2.66 bits per heavy atom. The average Bonchev–Trinajstić information content (AvgIpc) is 2.67. The quantitative estimate of drug-likeness (QED) is 0.813. The normalized spacial score (nSPS) is 21.6. The molecule has 1 aliphatic carbocycles. The van der Waals surface area contributed by atoms with E-state index in [9.17, 15) is 5.11 Å². The summed E-state index contributed by atoms with van der Waals surface area (Å²) in [5.74, 6) is 2.46. The third-order valence-electron chi connectivity index (χ3n) is 5.85. The van der Waals surface area contributed by atoms with E-state index in [4.69, 9.17) is 4.98 Å². The lowest BCUT2D eigenvalue weighted by molar-refractivity contribution is 0.145. The highest BCUT2D eigenvalue weighted by molar-refractivity contribution is 5.49. The molecule has 2 aromatic heterocycles. The first kappa shape index (κ1) is 19.8. The number of piperidine rings is 1. The number of rotatable bonds is 4. The van der Waals surface area contributed by atoms with Crippen molar-refractivity contribution in [3.63, 3.8) is 0 Å². The number of nitrogens with zero attached hydrogens (tertiary/aromatic N) is 6. The summed E-state index contributed by atoms with van der Waals surface area (Å²) in [7, 11) is 3.94. The van der Waals surface area contributed by atoms with Crippen LogP contribution in [0.25, 0.3) is 0 Å². The van der Waals surface area contributed by atoms with Gasteiger partial charge in [0.15, 0.2) is 0 Å². The van der Waals surface area contributed by atoms with E-state index in [1.54, 1.807) is 6.33 Å². The maximum atomic E-state index is 9.77. The third kappa shape index (κ3) is 4.42. The van der Waals surface area contributed by atoms with Crippen molar-refractivity contribution in [2.45, 2.75) is 51.7 Å². The van der Waals surface area contributed by atoms with Gasteiger partial charge in [0, 0.05) is 45.0 Å². The van der Waals surface area contributed by atoms with E-state index in [2.05, 4.69) is 39.0 Å². The number of fused-ring (bicyclic) bond motifs is 1. The summed E-state index contributed by atoms with van der Waals surface area (Å²) in [6.45, 7) is 6.18. The van der Waals surface area contributed by atoms with Gasteiger partial charge >= 0.3 is 0 Å². The van der Waals surface area contributed by atoms with Crippen molar-refractivity contribution in [2.75, 3.05) is 42.3 Å². The van der Waals surface area contributed by atoms with Gasteiger partial charge in [0.1, 0.15) is 18.0 Å². The van der Waals surface area contributed by atoms with Gasteiger partial charge in [0.05, 0.1) is 17.8 Å². The topological polar surface area (TPSA) is 90.3 Å². The first-order valence-electron chi connectivity index (χ1n) is 10.4. The van der Waals surface area contributed by atoms with Crippen LogP contribution in [0.4, 0.5) is 17.6 Å². The monoisotopic (exact) mass is 397 g/mol. The highest BCUT2D eigenvalue weighted by Crippen LogP contribution is 2.41. The summed E-state index contributed by atoms with van der Waals surface area (Å²) < 4.78 is 0. The second-order valence-corrected chi connectivity index (χ2v) is 9.19. The van der Waals surface area contributed by atoms with E-state index >= 15 is 0 Å². The Kier molecular flexibility index (Phi) is 5.29. The summed E-state index contributed by atoms with van der Waals surface area (Å²) in [6.07, 6.45) is 6.84. The van der Waals surface area contributed by atoms with Crippen molar-refractivity contribution in [1.82, 2.24) is 19.9 Å². The second kappa shape index (κ2) is 7.74. The third-order valence-corrected chi connectivity index (χ3v) is 5.85. The number of aliphatic hydroxyl groups excluding tert-OH is 1. The van der Waals surface area contributed by atoms with Crippen molar-refractivity contribution in [1.29, 1.82) is 0 Å². The fourth-order valence-electron chi connectivity index (χ4n) is 4.23. The summed E-state index contributed by atoms with van der Waals surface area (Å²) in [5.41, 5.74) is 2.39. The molecule has 0 saturated carbocycles. The smallest absolute Gasteiger partial charge is 0.225 e. The lowest BCUT2D eigenvalue weighted by atomic mass is 9.74. The zero-order chi connectivity index (χ0) is 20.6. The number of hydrogen-bond acceptors (Lipinski definition) is 8. The minimum Gasteiger partial charge on any atom is -0.393 e. The van der Waals surface area contributed by atoms with Crippen molar-refractivity contribution < 1.29 is 5.11 Å². The number of aliphatic hydroxyl groups is 1. The van der Waals surface area contributed by atoms with E-state index in [1.165, 1.54) is 0 Å². The fourth-order valence-corrected chi connectivity index (χ4v) is 4.23. The number of hydrogen-bond donors (Lipinski definition) is 2. The molecule has 0 spiro atoms. The minimum atomic E-state index is -0.198. The van der Waals surface area contributed by atoms with Gasteiger partial charge in [-0.3, -0.25) is 0 Å². The molecule has 0 radical (unpaired) electrons. The summed E-state index contributed by atoms with van der Waals surface area (Å²) in [5, 5.41) is 13.4. The minimum absolute atomic E-state index is 0.107. The maximum absolute atomic E-state index is 9.77. The standard InChI is InChI=1S/C21H31N7O/c1-21(2)10-16(25-18-9-19(27(3)4)24-13-23-18)15-12-22-20(26-17(15)11-21)28-7-5-14(29)6-8-28/h9,12-14,16,29H,5-8,10-11H2,1-4H3,(H,23,24,25). The second-order valence-electron chi connectivity index (χ2n) is 9.19. The van der Waals surface area contributed by atoms with Crippen molar-refractivity contribution >= 4 is 17.6 Å². The molecule has 1 aliphatic heterocycles. The molecule has 8 nitrogen and oxygen atoms in total. The molecule has 2 N–H and O–H groups in total. The van der Waals surface area contributed by atoms with Gasteiger partial charge < -0.3 is 20.2 Å². The van der Waals surface area contributed by atoms with Crippen molar-refractivity contribution in [3.8, 4) is 0 Å².